The molecule has 0 unspecified atom stereocenters. The van der Waals surface area contributed by atoms with Gasteiger partial charge in [-0.05, 0) is 63.4 Å². The Morgan fingerprint density at radius 2 is 1.90 bits per heavy atom. The Morgan fingerprint density at radius 3 is 2.43 bits per heavy atom. The van der Waals surface area contributed by atoms with Gasteiger partial charge in [-0.15, -0.1) is 0 Å². The summed E-state index contributed by atoms with van der Waals surface area (Å²) >= 11 is 0. The van der Waals surface area contributed by atoms with Crippen molar-refractivity contribution >= 4 is 0 Å². The normalized spacial score (nSPS) is 15.9. The summed E-state index contributed by atoms with van der Waals surface area (Å²) in [7, 11) is 0. The van der Waals surface area contributed by atoms with Crippen molar-refractivity contribution in [2.75, 3.05) is 26.2 Å². The summed E-state index contributed by atoms with van der Waals surface area (Å²) in [6.45, 7) is 7.48. The largest absolute Gasteiger partial charge is 0.506 e. The zero-order chi connectivity index (χ0) is 15.7. The van der Waals surface area contributed by atoms with Crippen LogP contribution in [0.25, 0.3) is 0 Å². The molecule has 2 N–H and O–H groups in total. The molecule has 116 valence electrons. The second kappa shape index (κ2) is 9.38. The van der Waals surface area contributed by atoms with Gasteiger partial charge >= 0.3 is 0 Å². The van der Waals surface area contributed by atoms with E-state index in [9.17, 15) is 5.11 Å². The molecule has 0 atom stereocenters. The Balaban J connectivity index is 0.000000677. The number of para-hydroxylation sites is 1. The molecule has 0 saturated carbocycles. The first-order chi connectivity index (χ1) is 10.2. The lowest BCUT2D eigenvalue weighted by atomic mass is 9.88. The molecule has 21 heavy (non-hydrogen) atoms. The standard InChI is InChI=1S/C15H20N2O.C2H6O/c1-2-8-17-9-6-12(7-10-17)14-5-3-4-13(11-16)15(14)18;1-2-3/h3-5,12,18H,2,6-10H2,1H3;3H,2H2,1H3. The highest BCUT2D eigenvalue weighted by molar-refractivity contribution is 5.48. The fourth-order valence-corrected chi connectivity index (χ4v) is 2.76. The predicted molar refractivity (Wildman–Crippen MR) is 84.3 cm³/mol. The summed E-state index contributed by atoms with van der Waals surface area (Å²) in [4.78, 5) is 2.47. The quantitative estimate of drug-likeness (QED) is 0.898. The molecule has 0 amide bonds. The smallest absolute Gasteiger partial charge is 0.136 e. The number of aromatic hydroxyl groups is 1. The molecule has 0 radical (unpaired) electrons. The van der Waals surface area contributed by atoms with Crippen LogP contribution in [0.2, 0.25) is 0 Å². The minimum atomic E-state index is 0.189. The van der Waals surface area contributed by atoms with Crippen LogP contribution in [-0.2, 0) is 0 Å². The first-order valence-corrected chi connectivity index (χ1v) is 7.73. The van der Waals surface area contributed by atoms with Crippen LogP contribution >= 0.6 is 0 Å². The zero-order valence-electron chi connectivity index (χ0n) is 13.0. The molecule has 0 spiro atoms. The highest BCUT2D eigenvalue weighted by Gasteiger charge is 2.23. The van der Waals surface area contributed by atoms with Crippen LogP contribution < -0.4 is 0 Å². The molecule has 1 aromatic rings. The number of aliphatic hydroxyl groups is 1. The molecule has 1 aromatic carbocycles. The maximum absolute atomic E-state index is 10.1. The third kappa shape index (κ3) is 5.04. The third-order valence-corrected chi connectivity index (χ3v) is 3.75. The van der Waals surface area contributed by atoms with Gasteiger partial charge in [0.05, 0.1) is 5.56 Å². The molecule has 1 fully saturated rings. The molecule has 4 nitrogen and oxygen atoms in total. The van der Waals surface area contributed by atoms with Crippen LogP contribution in [0.4, 0.5) is 0 Å². The molecule has 0 aliphatic carbocycles. The van der Waals surface area contributed by atoms with E-state index in [0.717, 1.165) is 38.0 Å². The van der Waals surface area contributed by atoms with Crippen molar-refractivity contribution in [1.82, 2.24) is 4.90 Å². The molecule has 0 aromatic heterocycles. The van der Waals surface area contributed by atoms with E-state index in [4.69, 9.17) is 10.4 Å². The number of hydrogen-bond donors (Lipinski definition) is 2. The van der Waals surface area contributed by atoms with E-state index < -0.39 is 0 Å². The van der Waals surface area contributed by atoms with Gasteiger partial charge in [0.2, 0.25) is 0 Å². The van der Waals surface area contributed by atoms with Gasteiger partial charge in [0.1, 0.15) is 11.8 Å². The van der Waals surface area contributed by atoms with Gasteiger partial charge in [-0.1, -0.05) is 19.1 Å². The number of rotatable bonds is 3. The van der Waals surface area contributed by atoms with E-state index in [1.165, 1.54) is 6.42 Å². The van der Waals surface area contributed by atoms with Crippen molar-refractivity contribution < 1.29 is 10.2 Å². The highest BCUT2D eigenvalue weighted by Crippen LogP contribution is 2.35. The van der Waals surface area contributed by atoms with Gasteiger partial charge in [-0.2, -0.15) is 5.26 Å². The van der Waals surface area contributed by atoms with Crippen molar-refractivity contribution in [3.05, 3.63) is 29.3 Å². The van der Waals surface area contributed by atoms with Crippen LogP contribution in [-0.4, -0.2) is 41.4 Å². The molecular weight excluding hydrogens is 264 g/mol. The number of likely N-dealkylation sites (tertiary alicyclic amines) is 1. The minimum Gasteiger partial charge on any atom is -0.506 e. The van der Waals surface area contributed by atoms with Crippen molar-refractivity contribution in [2.24, 2.45) is 0 Å². The zero-order valence-corrected chi connectivity index (χ0v) is 13.0. The summed E-state index contributed by atoms with van der Waals surface area (Å²) in [5, 5.41) is 26.6. The van der Waals surface area contributed by atoms with Gasteiger partial charge in [0.15, 0.2) is 0 Å². The molecule has 1 saturated heterocycles. The number of hydrogen-bond acceptors (Lipinski definition) is 4. The van der Waals surface area contributed by atoms with Gasteiger partial charge in [0, 0.05) is 6.61 Å². The molecule has 0 bridgehead atoms. The second-order valence-electron chi connectivity index (χ2n) is 5.29. The molecule has 2 rings (SSSR count). The van der Waals surface area contributed by atoms with E-state index in [1.54, 1.807) is 13.0 Å². The summed E-state index contributed by atoms with van der Waals surface area (Å²) in [6.07, 6.45) is 3.34. The van der Waals surface area contributed by atoms with Gasteiger partial charge in [-0.25, -0.2) is 0 Å². The summed E-state index contributed by atoms with van der Waals surface area (Å²) in [5.74, 6) is 0.584. The monoisotopic (exact) mass is 290 g/mol. The van der Waals surface area contributed by atoms with Crippen LogP contribution in [0.1, 0.15) is 50.2 Å². The van der Waals surface area contributed by atoms with E-state index in [1.807, 2.05) is 18.2 Å². The lowest BCUT2D eigenvalue weighted by Gasteiger charge is -2.32. The van der Waals surface area contributed by atoms with Gasteiger partial charge in [0.25, 0.3) is 0 Å². The Bertz CT molecular complexity index is 460. The maximum Gasteiger partial charge on any atom is 0.136 e. The average molecular weight is 290 g/mol. The van der Waals surface area contributed by atoms with Gasteiger partial charge in [-0.3, -0.25) is 0 Å². The predicted octanol–water partition coefficient (Wildman–Crippen LogP) is 2.85. The number of benzene rings is 1. The number of nitrogens with zero attached hydrogens (tertiary/aromatic N) is 2. The van der Waals surface area contributed by atoms with E-state index in [0.29, 0.717) is 11.5 Å². The Labute approximate surface area is 127 Å². The average Bonchev–Trinajstić information content (AvgIpc) is 2.50. The van der Waals surface area contributed by atoms with E-state index >= 15 is 0 Å². The number of piperidine rings is 1. The Kier molecular flexibility index (Phi) is 7.81. The van der Waals surface area contributed by atoms with E-state index in [2.05, 4.69) is 11.8 Å². The minimum absolute atomic E-state index is 0.189. The molecule has 4 heteroatoms. The first kappa shape index (κ1) is 17.5. The molecule has 1 aliphatic heterocycles. The van der Waals surface area contributed by atoms with Gasteiger partial charge < -0.3 is 15.1 Å². The van der Waals surface area contributed by atoms with Crippen LogP contribution in [0.15, 0.2) is 18.2 Å². The lowest BCUT2D eigenvalue weighted by Crippen LogP contribution is -2.33. The number of nitriles is 1. The fourth-order valence-electron chi connectivity index (χ4n) is 2.76. The number of phenols is 1. The number of phenolic OH excluding ortho intramolecular Hbond substituents is 1. The fraction of sp³-hybridized carbons (Fsp3) is 0.588. The Morgan fingerprint density at radius 1 is 1.29 bits per heavy atom. The SMILES string of the molecule is CCCN1CCC(c2cccc(C#N)c2O)CC1.CCO. The highest BCUT2D eigenvalue weighted by atomic mass is 16.3. The topological polar surface area (TPSA) is 67.5 Å². The summed E-state index contributed by atoms with van der Waals surface area (Å²) in [5.41, 5.74) is 1.34. The van der Waals surface area contributed by atoms with Crippen LogP contribution in [0.3, 0.4) is 0 Å². The second-order valence-corrected chi connectivity index (χ2v) is 5.29. The third-order valence-electron chi connectivity index (χ3n) is 3.75. The van der Waals surface area contributed by atoms with Crippen LogP contribution in [0.5, 0.6) is 5.75 Å². The summed E-state index contributed by atoms with van der Waals surface area (Å²) < 4.78 is 0. The molecule has 1 heterocycles. The van der Waals surface area contributed by atoms with Crippen molar-refractivity contribution in [2.45, 2.75) is 39.0 Å². The number of aliphatic hydroxyl groups excluding tert-OH is 1. The van der Waals surface area contributed by atoms with Crippen molar-refractivity contribution in [3.63, 3.8) is 0 Å². The maximum atomic E-state index is 10.1. The summed E-state index contributed by atoms with van der Waals surface area (Å²) in [6, 6.07) is 7.54. The first-order valence-electron chi connectivity index (χ1n) is 7.73. The molecule has 1 aliphatic rings. The Hall–Kier alpha value is -1.57. The lowest BCUT2D eigenvalue weighted by molar-refractivity contribution is 0.211. The van der Waals surface area contributed by atoms with E-state index in [-0.39, 0.29) is 12.4 Å². The van der Waals surface area contributed by atoms with Crippen molar-refractivity contribution in [3.8, 4) is 11.8 Å². The van der Waals surface area contributed by atoms with Crippen LogP contribution in [0, 0.1) is 11.3 Å². The van der Waals surface area contributed by atoms with Crippen molar-refractivity contribution in [1.29, 1.82) is 5.26 Å². The molecular formula is C17H26N2O2.